The highest BCUT2D eigenvalue weighted by molar-refractivity contribution is 5.94. The predicted molar refractivity (Wildman–Crippen MR) is 80.2 cm³/mol. The molecule has 1 fully saturated rings. The Morgan fingerprint density at radius 2 is 1.95 bits per heavy atom. The fourth-order valence-electron chi connectivity index (χ4n) is 2.55. The third kappa shape index (κ3) is 3.73. The van der Waals surface area contributed by atoms with E-state index in [-0.39, 0.29) is 5.91 Å². The SMILES string of the molecule is CCCNC1CCN(C(=O)c2ccc(OC)cc2)CC1. The van der Waals surface area contributed by atoms with Gasteiger partial charge in [-0.05, 0) is 50.1 Å². The zero-order valence-corrected chi connectivity index (χ0v) is 12.4. The fraction of sp³-hybridized carbons (Fsp3) is 0.562. The Bertz CT molecular complexity index is 423. The van der Waals surface area contributed by atoms with E-state index in [1.54, 1.807) is 7.11 Å². The summed E-state index contributed by atoms with van der Waals surface area (Å²) in [6.45, 7) is 4.92. The molecule has 0 bridgehead atoms. The van der Waals surface area contributed by atoms with Crippen molar-refractivity contribution >= 4 is 5.91 Å². The number of rotatable bonds is 5. The second kappa shape index (κ2) is 7.29. The van der Waals surface area contributed by atoms with E-state index >= 15 is 0 Å². The number of nitrogens with zero attached hydrogens (tertiary/aromatic N) is 1. The maximum atomic E-state index is 12.4. The van der Waals surface area contributed by atoms with Crippen LogP contribution in [0.1, 0.15) is 36.5 Å². The van der Waals surface area contributed by atoms with E-state index < -0.39 is 0 Å². The topological polar surface area (TPSA) is 41.6 Å². The lowest BCUT2D eigenvalue weighted by Crippen LogP contribution is -2.45. The standard InChI is InChI=1S/C16H24N2O2/c1-3-10-17-14-8-11-18(12-9-14)16(19)13-4-6-15(20-2)7-5-13/h4-7,14,17H,3,8-12H2,1-2H3. The minimum Gasteiger partial charge on any atom is -0.497 e. The molecule has 4 nitrogen and oxygen atoms in total. The zero-order valence-electron chi connectivity index (χ0n) is 12.4. The lowest BCUT2D eigenvalue weighted by Gasteiger charge is -2.32. The van der Waals surface area contributed by atoms with Crippen LogP contribution in [0.3, 0.4) is 0 Å². The van der Waals surface area contributed by atoms with Crippen LogP contribution in [0.15, 0.2) is 24.3 Å². The smallest absolute Gasteiger partial charge is 0.253 e. The molecule has 0 radical (unpaired) electrons. The molecule has 1 aliphatic rings. The summed E-state index contributed by atoms with van der Waals surface area (Å²) in [7, 11) is 1.63. The van der Waals surface area contributed by atoms with E-state index in [9.17, 15) is 4.79 Å². The van der Waals surface area contributed by atoms with Crippen LogP contribution >= 0.6 is 0 Å². The van der Waals surface area contributed by atoms with Gasteiger partial charge in [0, 0.05) is 24.7 Å². The molecule has 1 aromatic carbocycles. The van der Waals surface area contributed by atoms with Crippen molar-refractivity contribution in [3.63, 3.8) is 0 Å². The van der Waals surface area contributed by atoms with Gasteiger partial charge < -0.3 is 15.0 Å². The van der Waals surface area contributed by atoms with E-state index in [2.05, 4.69) is 12.2 Å². The first-order chi connectivity index (χ1) is 9.74. The summed E-state index contributed by atoms with van der Waals surface area (Å²) in [5.41, 5.74) is 0.741. The number of hydrogen-bond acceptors (Lipinski definition) is 3. The van der Waals surface area contributed by atoms with Crippen LogP contribution in [-0.4, -0.2) is 43.6 Å². The molecule has 1 amide bonds. The Hall–Kier alpha value is -1.55. The highest BCUT2D eigenvalue weighted by atomic mass is 16.5. The molecule has 1 aliphatic heterocycles. The Labute approximate surface area is 121 Å². The van der Waals surface area contributed by atoms with Gasteiger partial charge in [0.15, 0.2) is 0 Å². The van der Waals surface area contributed by atoms with Crippen molar-refractivity contribution in [1.82, 2.24) is 10.2 Å². The van der Waals surface area contributed by atoms with Gasteiger partial charge in [-0.3, -0.25) is 4.79 Å². The number of methoxy groups -OCH3 is 1. The van der Waals surface area contributed by atoms with E-state index in [0.29, 0.717) is 6.04 Å². The molecule has 4 heteroatoms. The lowest BCUT2D eigenvalue weighted by atomic mass is 10.0. The number of likely N-dealkylation sites (tertiary alicyclic amines) is 1. The van der Waals surface area contributed by atoms with Crippen LogP contribution in [0.5, 0.6) is 5.75 Å². The molecule has 0 spiro atoms. The molecule has 1 aromatic rings. The molecule has 1 saturated heterocycles. The van der Waals surface area contributed by atoms with Crippen molar-refractivity contribution in [2.75, 3.05) is 26.7 Å². The first kappa shape index (κ1) is 14.9. The molecular weight excluding hydrogens is 252 g/mol. The molecular formula is C16H24N2O2. The Morgan fingerprint density at radius 1 is 1.30 bits per heavy atom. The molecule has 0 unspecified atom stereocenters. The average Bonchev–Trinajstić information content (AvgIpc) is 2.53. The minimum absolute atomic E-state index is 0.126. The number of amides is 1. The van der Waals surface area contributed by atoms with Crippen molar-refractivity contribution in [2.24, 2.45) is 0 Å². The molecule has 2 rings (SSSR count). The van der Waals surface area contributed by atoms with Gasteiger partial charge in [0.1, 0.15) is 5.75 Å². The van der Waals surface area contributed by atoms with Gasteiger partial charge in [0.2, 0.25) is 0 Å². The maximum Gasteiger partial charge on any atom is 0.253 e. The molecule has 0 atom stereocenters. The van der Waals surface area contributed by atoms with E-state index in [1.165, 1.54) is 0 Å². The second-order valence-corrected chi connectivity index (χ2v) is 5.25. The Morgan fingerprint density at radius 3 is 2.50 bits per heavy atom. The maximum absolute atomic E-state index is 12.4. The predicted octanol–water partition coefficient (Wildman–Crippen LogP) is 2.30. The fourth-order valence-corrected chi connectivity index (χ4v) is 2.55. The van der Waals surface area contributed by atoms with Crippen LogP contribution in [0.2, 0.25) is 0 Å². The quantitative estimate of drug-likeness (QED) is 0.897. The number of benzene rings is 1. The normalized spacial score (nSPS) is 16.2. The average molecular weight is 276 g/mol. The first-order valence-corrected chi connectivity index (χ1v) is 7.41. The zero-order chi connectivity index (χ0) is 14.4. The molecule has 0 aliphatic carbocycles. The van der Waals surface area contributed by atoms with Crippen LogP contribution in [0, 0.1) is 0 Å². The number of hydrogen-bond donors (Lipinski definition) is 1. The monoisotopic (exact) mass is 276 g/mol. The van der Waals surface area contributed by atoms with Crippen molar-refractivity contribution in [1.29, 1.82) is 0 Å². The number of piperidine rings is 1. The van der Waals surface area contributed by atoms with Gasteiger partial charge in [-0.1, -0.05) is 6.92 Å². The van der Waals surface area contributed by atoms with Crippen molar-refractivity contribution < 1.29 is 9.53 Å². The second-order valence-electron chi connectivity index (χ2n) is 5.25. The highest BCUT2D eigenvalue weighted by Gasteiger charge is 2.23. The molecule has 110 valence electrons. The molecule has 0 aromatic heterocycles. The third-order valence-electron chi connectivity index (χ3n) is 3.80. The molecule has 1 N–H and O–H groups in total. The number of carbonyl (C=O) groups is 1. The Kier molecular flexibility index (Phi) is 5.41. The van der Waals surface area contributed by atoms with Gasteiger partial charge in [-0.25, -0.2) is 0 Å². The van der Waals surface area contributed by atoms with Gasteiger partial charge >= 0.3 is 0 Å². The van der Waals surface area contributed by atoms with Gasteiger partial charge in [-0.2, -0.15) is 0 Å². The van der Waals surface area contributed by atoms with E-state index in [4.69, 9.17) is 4.74 Å². The highest BCUT2D eigenvalue weighted by Crippen LogP contribution is 2.16. The Balaban J connectivity index is 1.87. The van der Waals surface area contributed by atoms with Gasteiger partial charge in [0.05, 0.1) is 7.11 Å². The van der Waals surface area contributed by atoms with Crippen LogP contribution in [0.4, 0.5) is 0 Å². The summed E-state index contributed by atoms with van der Waals surface area (Å²) in [5, 5.41) is 3.53. The summed E-state index contributed by atoms with van der Waals surface area (Å²) in [5.74, 6) is 0.908. The minimum atomic E-state index is 0.126. The van der Waals surface area contributed by atoms with E-state index in [1.807, 2.05) is 29.2 Å². The first-order valence-electron chi connectivity index (χ1n) is 7.41. The number of ether oxygens (including phenoxy) is 1. The van der Waals surface area contributed by atoms with Crippen molar-refractivity contribution in [3.05, 3.63) is 29.8 Å². The molecule has 0 saturated carbocycles. The van der Waals surface area contributed by atoms with E-state index in [0.717, 1.165) is 50.2 Å². The number of carbonyl (C=O) groups excluding carboxylic acids is 1. The van der Waals surface area contributed by atoms with Crippen LogP contribution in [-0.2, 0) is 0 Å². The van der Waals surface area contributed by atoms with Crippen molar-refractivity contribution in [2.45, 2.75) is 32.2 Å². The molecule has 1 heterocycles. The van der Waals surface area contributed by atoms with Crippen molar-refractivity contribution in [3.8, 4) is 5.75 Å². The van der Waals surface area contributed by atoms with Crippen LogP contribution < -0.4 is 10.1 Å². The summed E-state index contributed by atoms with van der Waals surface area (Å²) in [6.07, 6.45) is 3.24. The summed E-state index contributed by atoms with van der Waals surface area (Å²) in [4.78, 5) is 14.3. The van der Waals surface area contributed by atoms with Gasteiger partial charge in [-0.15, -0.1) is 0 Å². The van der Waals surface area contributed by atoms with Gasteiger partial charge in [0.25, 0.3) is 5.91 Å². The van der Waals surface area contributed by atoms with Crippen LogP contribution in [0.25, 0.3) is 0 Å². The summed E-state index contributed by atoms with van der Waals surface area (Å²) >= 11 is 0. The largest absolute Gasteiger partial charge is 0.497 e. The molecule has 20 heavy (non-hydrogen) atoms. The summed E-state index contributed by atoms with van der Waals surface area (Å²) in [6, 6.07) is 7.91. The third-order valence-corrected chi connectivity index (χ3v) is 3.80. The number of nitrogens with one attached hydrogen (secondary N) is 1. The lowest BCUT2D eigenvalue weighted by molar-refractivity contribution is 0.0705. The summed E-state index contributed by atoms with van der Waals surface area (Å²) < 4.78 is 5.11.